The molecule has 4 fully saturated rings. The molecule has 2 aromatic rings. The molecule has 6 aliphatic rings. The predicted molar refractivity (Wildman–Crippen MR) is 150 cm³/mol. The van der Waals surface area contributed by atoms with Crippen LogP contribution in [0.25, 0.3) is 5.57 Å². The lowest BCUT2D eigenvalue weighted by Gasteiger charge is -2.56. The highest BCUT2D eigenvalue weighted by atomic mass is 16.5. The molecule has 2 aromatic carbocycles. The summed E-state index contributed by atoms with van der Waals surface area (Å²) in [6.45, 7) is 2.18. The van der Waals surface area contributed by atoms with Gasteiger partial charge in [0.15, 0.2) is 5.72 Å². The number of amides is 1. The van der Waals surface area contributed by atoms with E-state index in [4.69, 9.17) is 9.47 Å². The van der Waals surface area contributed by atoms with Gasteiger partial charge >= 0.3 is 0 Å². The molecule has 4 aliphatic carbocycles. The maximum absolute atomic E-state index is 13.6. The van der Waals surface area contributed by atoms with Crippen molar-refractivity contribution in [3.05, 3.63) is 76.9 Å². The fourth-order valence-corrected chi connectivity index (χ4v) is 9.52. The van der Waals surface area contributed by atoms with Gasteiger partial charge in [-0.15, -0.1) is 0 Å². The fourth-order valence-electron chi connectivity index (χ4n) is 9.52. The maximum Gasteiger partial charge on any atom is 0.255 e. The molecule has 6 nitrogen and oxygen atoms in total. The Labute approximate surface area is 234 Å². The van der Waals surface area contributed by atoms with E-state index in [0.29, 0.717) is 30.0 Å². The molecule has 40 heavy (non-hydrogen) atoms. The number of Topliss-reactive ketones (excluding diaryl/α,β-unsaturated/α-hetero) is 1. The number of ether oxygens (including phenoxy) is 2. The molecule has 1 spiro atoms. The zero-order valence-corrected chi connectivity index (χ0v) is 23.1. The molecule has 1 amide bonds. The summed E-state index contributed by atoms with van der Waals surface area (Å²) >= 11 is 0. The summed E-state index contributed by atoms with van der Waals surface area (Å²) in [7, 11) is 1.66. The van der Waals surface area contributed by atoms with Gasteiger partial charge in [0.1, 0.15) is 18.1 Å². The Morgan fingerprint density at radius 1 is 1.02 bits per heavy atom. The van der Waals surface area contributed by atoms with Crippen molar-refractivity contribution < 1.29 is 24.2 Å². The Hall–Kier alpha value is -3.22. The van der Waals surface area contributed by atoms with E-state index in [0.717, 1.165) is 60.2 Å². The number of methoxy groups -OCH3 is 1. The minimum Gasteiger partial charge on any atom is -0.497 e. The topological polar surface area (TPSA) is 76.1 Å². The molecule has 7 atom stereocenters. The zero-order chi connectivity index (χ0) is 27.4. The lowest BCUT2D eigenvalue weighted by atomic mass is 9.52. The van der Waals surface area contributed by atoms with Crippen molar-refractivity contribution in [1.82, 2.24) is 0 Å². The molecule has 1 N–H and O–H groups in total. The Kier molecular flexibility index (Phi) is 5.16. The van der Waals surface area contributed by atoms with Gasteiger partial charge in [-0.3, -0.25) is 14.5 Å². The van der Waals surface area contributed by atoms with Crippen LogP contribution in [0.4, 0.5) is 5.69 Å². The number of para-hydroxylation sites is 1. The first kappa shape index (κ1) is 24.6. The van der Waals surface area contributed by atoms with Crippen LogP contribution in [0.1, 0.15) is 62.7 Å². The van der Waals surface area contributed by atoms with E-state index in [1.807, 2.05) is 41.3 Å². The molecule has 0 aromatic heterocycles. The molecular weight excluding hydrogens is 502 g/mol. The number of carbonyl (C=O) groups is 2. The molecule has 6 heteroatoms. The van der Waals surface area contributed by atoms with Crippen molar-refractivity contribution in [1.29, 1.82) is 0 Å². The summed E-state index contributed by atoms with van der Waals surface area (Å²) in [4.78, 5) is 28.4. The van der Waals surface area contributed by atoms with Gasteiger partial charge < -0.3 is 14.6 Å². The van der Waals surface area contributed by atoms with Crippen molar-refractivity contribution in [3.8, 4) is 5.75 Å². The van der Waals surface area contributed by atoms with Crippen LogP contribution < -0.4 is 9.64 Å². The Morgan fingerprint density at radius 3 is 2.62 bits per heavy atom. The maximum atomic E-state index is 13.6. The van der Waals surface area contributed by atoms with Crippen molar-refractivity contribution in [2.24, 2.45) is 29.1 Å². The fraction of sp³-hybridized carbons (Fsp3) is 0.471. The number of carbonyl (C=O) groups excluding carboxylic acids is 2. The van der Waals surface area contributed by atoms with Gasteiger partial charge in [-0.25, -0.2) is 0 Å². The predicted octanol–water partition coefficient (Wildman–Crippen LogP) is 5.62. The molecule has 0 radical (unpaired) electrons. The van der Waals surface area contributed by atoms with Crippen LogP contribution in [0.3, 0.4) is 0 Å². The quantitative estimate of drug-likeness (QED) is 0.539. The van der Waals surface area contributed by atoms with E-state index in [2.05, 4.69) is 25.1 Å². The third-order valence-electron chi connectivity index (χ3n) is 11.3. The normalized spacial score (nSPS) is 37.6. The highest BCUT2D eigenvalue weighted by Crippen LogP contribution is 2.65. The standard InChI is InChI=1S/C34H35NO5/c1-33-16-15-21-22(26(33)13-14-29(33)36)11-12-23-25(21)17-27-32(38)24-5-3-4-6-28(24)35-30(37)18-40-34(27,35)31(23)19-7-9-20(39-2)10-8-19/h3-10,17,21-22,26-27,32,38H,11-16,18H2,1-2H3/t21-,22+,26-,27?,32?,33-,34?/m0/s1. The van der Waals surface area contributed by atoms with E-state index in [9.17, 15) is 14.7 Å². The lowest BCUT2D eigenvalue weighted by Crippen LogP contribution is -2.59. The number of anilines is 1. The Balaban J connectivity index is 1.35. The van der Waals surface area contributed by atoms with Gasteiger partial charge in [-0.1, -0.05) is 43.3 Å². The van der Waals surface area contributed by atoms with Crippen molar-refractivity contribution in [3.63, 3.8) is 0 Å². The van der Waals surface area contributed by atoms with E-state index >= 15 is 0 Å². The molecule has 3 saturated carbocycles. The first-order chi connectivity index (χ1) is 19.4. The summed E-state index contributed by atoms with van der Waals surface area (Å²) in [5.41, 5.74) is 4.74. The number of nitrogens with zero attached hydrogens (tertiary/aromatic N) is 1. The number of ketones is 1. The van der Waals surface area contributed by atoms with Crippen LogP contribution in [0, 0.1) is 29.1 Å². The first-order valence-electron chi connectivity index (χ1n) is 14.8. The van der Waals surface area contributed by atoms with E-state index < -0.39 is 17.7 Å². The number of hydrogen-bond donors (Lipinski definition) is 1. The molecule has 2 heterocycles. The highest BCUT2D eigenvalue weighted by Gasteiger charge is 2.64. The highest BCUT2D eigenvalue weighted by molar-refractivity contribution is 6.04. The second kappa shape index (κ2) is 8.40. The van der Waals surface area contributed by atoms with Crippen LogP contribution in [0.15, 0.2) is 65.8 Å². The zero-order valence-electron chi connectivity index (χ0n) is 23.1. The van der Waals surface area contributed by atoms with Crippen LogP contribution >= 0.6 is 0 Å². The van der Waals surface area contributed by atoms with Crippen molar-refractivity contribution in [2.75, 3.05) is 18.6 Å². The minimum absolute atomic E-state index is 0.0255. The van der Waals surface area contributed by atoms with E-state index in [1.165, 1.54) is 11.1 Å². The lowest BCUT2D eigenvalue weighted by molar-refractivity contribution is -0.129. The second-order valence-corrected chi connectivity index (χ2v) is 12.8. The van der Waals surface area contributed by atoms with E-state index in [1.54, 1.807) is 7.11 Å². The summed E-state index contributed by atoms with van der Waals surface area (Å²) in [5, 5.41) is 12.0. The number of fused-ring (bicyclic) bond motifs is 7. The average Bonchev–Trinajstić information content (AvgIpc) is 3.48. The monoisotopic (exact) mass is 537 g/mol. The van der Waals surface area contributed by atoms with Gasteiger partial charge in [0.25, 0.3) is 5.91 Å². The van der Waals surface area contributed by atoms with E-state index in [-0.39, 0.29) is 17.9 Å². The van der Waals surface area contributed by atoms with Crippen molar-refractivity contribution in [2.45, 2.75) is 57.3 Å². The third-order valence-corrected chi connectivity index (χ3v) is 11.3. The summed E-state index contributed by atoms with van der Waals surface area (Å²) in [5.74, 6) is 1.90. The van der Waals surface area contributed by atoms with Gasteiger partial charge in [0, 0.05) is 23.0 Å². The van der Waals surface area contributed by atoms with Crippen LogP contribution in [0.2, 0.25) is 0 Å². The largest absolute Gasteiger partial charge is 0.497 e. The summed E-state index contributed by atoms with van der Waals surface area (Å²) in [6, 6.07) is 15.7. The molecular formula is C34H35NO5. The van der Waals surface area contributed by atoms with Gasteiger partial charge in [-0.05, 0) is 84.8 Å². The van der Waals surface area contributed by atoms with Crippen molar-refractivity contribution >= 4 is 23.0 Å². The third kappa shape index (κ3) is 2.96. The number of benzene rings is 2. The molecule has 3 unspecified atom stereocenters. The van der Waals surface area contributed by atoms with Crippen LogP contribution in [0.5, 0.6) is 5.75 Å². The minimum atomic E-state index is -1.11. The number of aliphatic hydroxyl groups excluding tert-OH is 1. The SMILES string of the molecule is COc1ccc(C2=C3CC[C@@H]4[C@H](CC[C@]5(C)C(=O)CC[C@@H]45)C3=CC3C(O)c4ccccc4N4C(=O)COC234)cc1. The smallest absolute Gasteiger partial charge is 0.255 e. The number of aliphatic hydroxyl groups is 1. The van der Waals surface area contributed by atoms with Crippen LogP contribution in [-0.2, 0) is 14.3 Å². The molecule has 2 aliphatic heterocycles. The van der Waals surface area contributed by atoms with Gasteiger partial charge in [0.2, 0.25) is 0 Å². The average molecular weight is 538 g/mol. The molecule has 206 valence electrons. The first-order valence-corrected chi connectivity index (χ1v) is 14.8. The number of allylic oxidation sites excluding steroid dienone is 2. The molecule has 8 rings (SSSR count). The van der Waals surface area contributed by atoms with Gasteiger partial charge in [0.05, 0.1) is 24.8 Å². The number of rotatable bonds is 2. The van der Waals surface area contributed by atoms with Gasteiger partial charge in [-0.2, -0.15) is 0 Å². The summed E-state index contributed by atoms with van der Waals surface area (Å²) in [6.07, 6.45) is 6.93. The second-order valence-electron chi connectivity index (χ2n) is 12.8. The Bertz CT molecular complexity index is 1510. The number of hydrogen-bond acceptors (Lipinski definition) is 5. The Morgan fingerprint density at radius 2 is 1.82 bits per heavy atom. The molecule has 1 saturated heterocycles. The summed E-state index contributed by atoms with van der Waals surface area (Å²) < 4.78 is 12.1. The van der Waals surface area contributed by atoms with Crippen LogP contribution in [-0.4, -0.2) is 36.2 Å². The molecule has 0 bridgehead atoms.